The van der Waals surface area contributed by atoms with Crippen LogP contribution in [-0.4, -0.2) is 21.4 Å². The van der Waals surface area contributed by atoms with Crippen LogP contribution < -0.4 is 10.0 Å². The molecule has 21 heavy (non-hydrogen) atoms. The minimum absolute atomic E-state index is 0.0711. The number of hydrogen-bond donors (Lipinski definition) is 1. The summed E-state index contributed by atoms with van der Waals surface area (Å²) in [6.45, 7) is 3.25. The second-order valence-electron chi connectivity index (χ2n) is 4.63. The van der Waals surface area contributed by atoms with Crippen LogP contribution in [0.5, 0.6) is 0 Å². The second kappa shape index (κ2) is 5.25. The molecule has 0 aliphatic carbocycles. The molecule has 0 saturated carbocycles. The molecule has 2 N–H and O–H groups in total. The SMILES string of the molecule is Cc1cc(S(=O)(=O)N(C)c2ccccc2C(N)=O)c(C)o1. The molecular formula is C14H16N2O4S. The maximum absolute atomic E-state index is 12.7. The Hall–Kier alpha value is -2.28. The van der Waals surface area contributed by atoms with Gasteiger partial charge in [0.25, 0.3) is 15.9 Å². The molecule has 1 heterocycles. The Kier molecular flexibility index (Phi) is 3.78. The number of carbonyl (C=O) groups is 1. The van der Waals surface area contributed by atoms with Crippen LogP contribution in [0.2, 0.25) is 0 Å². The van der Waals surface area contributed by atoms with Gasteiger partial charge in [-0.2, -0.15) is 0 Å². The minimum Gasteiger partial charge on any atom is -0.465 e. The van der Waals surface area contributed by atoms with Crippen molar-refractivity contribution in [3.05, 3.63) is 47.4 Å². The number of primary amides is 1. The first-order valence-electron chi connectivity index (χ1n) is 6.20. The topological polar surface area (TPSA) is 93.6 Å². The van der Waals surface area contributed by atoms with Crippen LogP contribution in [-0.2, 0) is 10.0 Å². The molecule has 0 bridgehead atoms. The predicted molar refractivity (Wildman–Crippen MR) is 78.7 cm³/mol. The lowest BCUT2D eigenvalue weighted by Crippen LogP contribution is -2.29. The Labute approximate surface area is 123 Å². The van der Waals surface area contributed by atoms with E-state index in [1.807, 2.05) is 0 Å². The Balaban J connectivity index is 2.56. The highest BCUT2D eigenvalue weighted by molar-refractivity contribution is 7.92. The van der Waals surface area contributed by atoms with E-state index in [1.54, 1.807) is 26.0 Å². The molecule has 0 fully saturated rings. The standard InChI is InChI=1S/C14H16N2O4S/c1-9-8-13(10(2)20-9)21(18,19)16(3)12-7-5-4-6-11(12)14(15)17/h4-8H,1-3H3,(H2,15,17). The monoisotopic (exact) mass is 308 g/mol. The van der Waals surface area contributed by atoms with Gasteiger partial charge in [0.1, 0.15) is 16.4 Å². The van der Waals surface area contributed by atoms with Crippen LogP contribution in [0.4, 0.5) is 5.69 Å². The van der Waals surface area contributed by atoms with Crippen molar-refractivity contribution in [2.45, 2.75) is 18.7 Å². The predicted octanol–water partition coefficient (Wildman–Crippen LogP) is 1.82. The molecule has 7 heteroatoms. The summed E-state index contributed by atoms with van der Waals surface area (Å²) in [5.74, 6) is 0.117. The Morgan fingerprint density at radius 1 is 1.24 bits per heavy atom. The van der Waals surface area contributed by atoms with Gasteiger partial charge in [-0.15, -0.1) is 0 Å². The number of hydrogen-bond acceptors (Lipinski definition) is 4. The van der Waals surface area contributed by atoms with E-state index < -0.39 is 15.9 Å². The molecule has 1 amide bonds. The summed E-state index contributed by atoms with van der Waals surface area (Å²) in [6, 6.07) is 7.73. The van der Waals surface area contributed by atoms with Crippen molar-refractivity contribution in [3.8, 4) is 0 Å². The Bertz CT molecular complexity index is 793. The lowest BCUT2D eigenvalue weighted by molar-refractivity contribution is 0.100. The highest BCUT2D eigenvalue weighted by Crippen LogP contribution is 2.28. The molecule has 6 nitrogen and oxygen atoms in total. The number of nitrogens with zero attached hydrogens (tertiary/aromatic N) is 1. The summed E-state index contributed by atoms with van der Waals surface area (Å²) in [4.78, 5) is 11.5. The van der Waals surface area contributed by atoms with Crippen LogP contribution in [0.15, 0.2) is 39.6 Å². The van der Waals surface area contributed by atoms with E-state index in [-0.39, 0.29) is 16.1 Å². The van der Waals surface area contributed by atoms with E-state index in [0.717, 1.165) is 4.31 Å². The van der Waals surface area contributed by atoms with Crippen molar-refractivity contribution >= 4 is 21.6 Å². The van der Waals surface area contributed by atoms with E-state index in [2.05, 4.69) is 0 Å². The Morgan fingerprint density at radius 3 is 2.38 bits per heavy atom. The third-order valence-electron chi connectivity index (χ3n) is 3.14. The highest BCUT2D eigenvalue weighted by atomic mass is 32.2. The van der Waals surface area contributed by atoms with E-state index in [9.17, 15) is 13.2 Å². The first-order chi connectivity index (χ1) is 9.75. The van der Waals surface area contributed by atoms with Gasteiger partial charge in [0.2, 0.25) is 0 Å². The van der Waals surface area contributed by atoms with Gasteiger partial charge in [0.15, 0.2) is 0 Å². The fraction of sp³-hybridized carbons (Fsp3) is 0.214. The summed E-state index contributed by atoms with van der Waals surface area (Å²) in [6.07, 6.45) is 0. The fourth-order valence-corrected chi connectivity index (χ4v) is 3.53. The average Bonchev–Trinajstić information content (AvgIpc) is 2.77. The highest BCUT2D eigenvalue weighted by Gasteiger charge is 2.28. The summed E-state index contributed by atoms with van der Waals surface area (Å²) >= 11 is 0. The van der Waals surface area contributed by atoms with Crippen molar-refractivity contribution in [1.82, 2.24) is 0 Å². The number of sulfonamides is 1. The summed E-state index contributed by atoms with van der Waals surface area (Å²) in [5, 5.41) is 0. The maximum atomic E-state index is 12.7. The summed E-state index contributed by atoms with van der Waals surface area (Å²) in [7, 11) is -2.45. The molecule has 0 aliphatic heterocycles. The summed E-state index contributed by atoms with van der Waals surface area (Å²) < 4.78 is 31.6. The van der Waals surface area contributed by atoms with Crippen LogP contribution in [0.25, 0.3) is 0 Å². The maximum Gasteiger partial charge on any atom is 0.267 e. The first-order valence-corrected chi connectivity index (χ1v) is 7.64. The molecule has 112 valence electrons. The zero-order chi connectivity index (χ0) is 15.8. The largest absolute Gasteiger partial charge is 0.465 e. The number of rotatable bonds is 4. The van der Waals surface area contributed by atoms with Gasteiger partial charge in [-0.25, -0.2) is 8.42 Å². The van der Waals surface area contributed by atoms with Crippen LogP contribution in [0.1, 0.15) is 21.9 Å². The average molecular weight is 308 g/mol. The molecule has 0 radical (unpaired) electrons. The lowest BCUT2D eigenvalue weighted by atomic mass is 10.2. The van der Waals surface area contributed by atoms with Gasteiger partial charge in [0, 0.05) is 13.1 Å². The van der Waals surface area contributed by atoms with Crippen LogP contribution >= 0.6 is 0 Å². The van der Waals surface area contributed by atoms with E-state index in [0.29, 0.717) is 11.5 Å². The molecule has 0 spiro atoms. The third-order valence-corrected chi connectivity index (χ3v) is 5.02. The van der Waals surface area contributed by atoms with Crippen molar-refractivity contribution in [1.29, 1.82) is 0 Å². The molecular weight excluding hydrogens is 292 g/mol. The van der Waals surface area contributed by atoms with E-state index in [4.69, 9.17) is 10.2 Å². The number of carbonyl (C=O) groups excluding carboxylic acids is 1. The van der Waals surface area contributed by atoms with Gasteiger partial charge in [-0.3, -0.25) is 9.10 Å². The van der Waals surface area contributed by atoms with Gasteiger partial charge >= 0.3 is 0 Å². The lowest BCUT2D eigenvalue weighted by Gasteiger charge is -2.20. The molecule has 0 atom stereocenters. The summed E-state index contributed by atoms with van der Waals surface area (Å²) in [5.41, 5.74) is 5.65. The van der Waals surface area contributed by atoms with Crippen LogP contribution in [0.3, 0.4) is 0 Å². The molecule has 1 aromatic heterocycles. The molecule has 1 aromatic carbocycles. The van der Waals surface area contributed by atoms with Gasteiger partial charge in [-0.05, 0) is 26.0 Å². The molecule has 0 aliphatic rings. The Morgan fingerprint density at radius 2 is 1.86 bits per heavy atom. The first kappa shape index (κ1) is 15.1. The van der Waals surface area contributed by atoms with Crippen molar-refractivity contribution in [2.75, 3.05) is 11.4 Å². The van der Waals surface area contributed by atoms with Gasteiger partial charge in [0.05, 0.1) is 11.3 Å². The van der Waals surface area contributed by atoms with E-state index in [1.165, 1.54) is 25.2 Å². The number of anilines is 1. The molecule has 0 saturated heterocycles. The third kappa shape index (κ3) is 2.64. The molecule has 2 aromatic rings. The number of furan rings is 1. The molecule has 0 unspecified atom stereocenters. The second-order valence-corrected chi connectivity index (χ2v) is 6.57. The van der Waals surface area contributed by atoms with Crippen molar-refractivity contribution < 1.29 is 17.6 Å². The smallest absolute Gasteiger partial charge is 0.267 e. The minimum atomic E-state index is -3.83. The zero-order valence-corrected chi connectivity index (χ0v) is 12.8. The number of amides is 1. The van der Waals surface area contributed by atoms with Crippen molar-refractivity contribution in [2.24, 2.45) is 5.73 Å². The molecule has 2 rings (SSSR count). The fourth-order valence-electron chi connectivity index (χ4n) is 2.10. The quantitative estimate of drug-likeness (QED) is 0.932. The van der Waals surface area contributed by atoms with Crippen LogP contribution in [0, 0.1) is 13.8 Å². The van der Waals surface area contributed by atoms with Gasteiger partial charge in [-0.1, -0.05) is 12.1 Å². The number of nitrogens with two attached hydrogens (primary N) is 1. The number of para-hydroxylation sites is 1. The zero-order valence-electron chi connectivity index (χ0n) is 12.0. The normalized spacial score (nSPS) is 11.4. The van der Waals surface area contributed by atoms with Gasteiger partial charge < -0.3 is 10.2 Å². The van der Waals surface area contributed by atoms with E-state index >= 15 is 0 Å². The number of aryl methyl sites for hydroxylation is 2. The number of benzene rings is 1. The van der Waals surface area contributed by atoms with Crippen molar-refractivity contribution in [3.63, 3.8) is 0 Å².